The fraction of sp³-hybridized carbons (Fsp3) is 0.682. The molecule has 12 heteroatoms. The van der Waals surface area contributed by atoms with Crippen molar-refractivity contribution in [2.45, 2.75) is 146 Å². The van der Waals surface area contributed by atoms with Crippen LogP contribution < -0.4 is 18.9 Å². The first-order valence-electron chi connectivity index (χ1n) is 21.2. The zero-order valence-corrected chi connectivity index (χ0v) is 33.1. The molecule has 0 atom stereocenters. The third-order valence-electron chi connectivity index (χ3n) is 13.1. The van der Waals surface area contributed by atoms with Crippen LogP contribution >= 0.6 is 0 Å². The number of piperidine rings is 1. The molecule has 2 aromatic rings. The third kappa shape index (κ3) is 7.13. The molecule has 304 valence electrons. The first-order valence-corrected chi connectivity index (χ1v) is 21.2. The Morgan fingerprint density at radius 3 is 1.55 bits per heavy atom. The number of nitrogens with zero attached hydrogens (tertiary/aromatic N) is 1. The highest BCUT2D eigenvalue weighted by Crippen LogP contribution is 2.61. The fourth-order valence-electron chi connectivity index (χ4n) is 9.35. The van der Waals surface area contributed by atoms with E-state index < -0.39 is 23.1 Å². The largest absolute Gasteiger partial charge is 0.448 e. The molecule has 5 aliphatic heterocycles. The Balaban J connectivity index is 0.812. The van der Waals surface area contributed by atoms with E-state index in [1.54, 1.807) is 4.90 Å². The van der Waals surface area contributed by atoms with Gasteiger partial charge in [-0.1, -0.05) is 57.0 Å². The van der Waals surface area contributed by atoms with Gasteiger partial charge in [0.05, 0.1) is 31.8 Å². The van der Waals surface area contributed by atoms with E-state index >= 15 is 0 Å². The van der Waals surface area contributed by atoms with Crippen LogP contribution in [0.25, 0.3) is 0 Å². The van der Waals surface area contributed by atoms with Crippen LogP contribution in [0.2, 0.25) is 0 Å². The third-order valence-corrected chi connectivity index (χ3v) is 13.1. The number of fused-ring (bicyclic) bond motifs is 2. The normalized spacial score (nSPS) is 24.7. The molecular formula is C44H57NO11. The summed E-state index contributed by atoms with van der Waals surface area (Å²) < 4.78 is 59.2. The van der Waals surface area contributed by atoms with Gasteiger partial charge in [0.2, 0.25) is 0 Å². The standard InChI is InChI=1S/C44H57NO11/c1-3-5-12-33-35-36(54-43(53-35)16-14-32(46)15-17-43)34(13-6-4-2)38-37(33)55-44(56-38)20-18-41(19-21-44)49-27-40(28-50-41)29-51-42(52-30-40)22-24-45(25-23-42)39(47)48-26-31-10-8-7-9-11-31/h7-11H,3-6,12-30H2,1-2H3. The number of benzene rings is 2. The smallest absolute Gasteiger partial charge is 0.410 e. The van der Waals surface area contributed by atoms with Gasteiger partial charge < -0.3 is 47.5 Å². The number of Topliss-reactive ketones (excluding diaryl/α,β-unsaturated/α-hetero) is 1. The molecular weight excluding hydrogens is 718 g/mol. The van der Waals surface area contributed by atoms with Crippen LogP contribution in [-0.2, 0) is 47.9 Å². The second kappa shape index (κ2) is 15.0. The number of hydrogen-bond donors (Lipinski definition) is 0. The van der Waals surface area contributed by atoms with Crippen molar-refractivity contribution >= 4 is 11.9 Å². The highest BCUT2D eigenvalue weighted by Gasteiger charge is 2.58. The van der Waals surface area contributed by atoms with E-state index in [1.165, 1.54) is 0 Å². The van der Waals surface area contributed by atoms with E-state index in [0.717, 1.165) is 78.2 Å². The van der Waals surface area contributed by atoms with Crippen molar-refractivity contribution in [1.82, 2.24) is 4.90 Å². The fourth-order valence-corrected chi connectivity index (χ4v) is 9.35. The van der Waals surface area contributed by atoms with E-state index in [2.05, 4.69) is 13.8 Å². The summed E-state index contributed by atoms with van der Waals surface area (Å²) in [6.07, 6.45) is 11.1. The number of ether oxygens (including phenoxy) is 9. The van der Waals surface area contributed by atoms with E-state index in [1.807, 2.05) is 30.3 Å². The number of amides is 1. The van der Waals surface area contributed by atoms with Gasteiger partial charge in [-0.05, 0) is 31.2 Å². The van der Waals surface area contributed by atoms with Crippen molar-refractivity contribution in [1.29, 1.82) is 0 Å². The van der Waals surface area contributed by atoms with Crippen molar-refractivity contribution < 1.29 is 52.2 Å². The quantitative estimate of drug-likeness (QED) is 0.260. The maximum atomic E-state index is 12.7. The van der Waals surface area contributed by atoms with Gasteiger partial charge in [0.25, 0.3) is 11.6 Å². The molecule has 5 spiro atoms. The van der Waals surface area contributed by atoms with Gasteiger partial charge in [0.15, 0.2) is 34.6 Å². The summed E-state index contributed by atoms with van der Waals surface area (Å²) in [6, 6.07) is 9.71. The predicted octanol–water partition coefficient (Wildman–Crippen LogP) is 7.93. The number of ketones is 1. The maximum Gasteiger partial charge on any atom is 0.410 e. The molecule has 0 unspecified atom stereocenters. The Labute approximate surface area is 329 Å². The predicted molar refractivity (Wildman–Crippen MR) is 203 cm³/mol. The highest BCUT2D eigenvalue weighted by atomic mass is 16.8. The second-order valence-corrected chi connectivity index (χ2v) is 17.3. The molecule has 3 saturated heterocycles. The van der Waals surface area contributed by atoms with Gasteiger partial charge >= 0.3 is 6.09 Å². The van der Waals surface area contributed by atoms with Crippen molar-refractivity contribution in [2.75, 3.05) is 39.5 Å². The van der Waals surface area contributed by atoms with E-state index in [4.69, 9.17) is 42.6 Å². The summed E-state index contributed by atoms with van der Waals surface area (Å²) >= 11 is 0. The average molecular weight is 776 g/mol. The molecule has 2 aromatic carbocycles. The van der Waals surface area contributed by atoms with Crippen LogP contribution in [0.4, 0.5) is 4.79 Å². The van der Waals surface area contributed by atoms with Crippen molar-refractivity contribution in [3.05, 3.63) is 47.0 Å². The molecule has 12 nitrogen and oxygen atoms in total. The molecule has 0 radical (unpaired) electrons. The van der Waals surface area contributed by atoms with Gasteiger partial charge in [0, 0.05) is 88.4 Å². The molecule has 5 fully saturated rings. The Morgan fingerprint density at radius 1 is 0.625 bits per heavy atom. The van der Waals surface area contributed by atoms with Gasteiger partial charge in [-0.3, -0.25) is 4.79 Å². The topological polar surface area (TPSA) is 120 Å². The van der Waals surface area contributed by atoms with Crippen LogP contribution in [0.1, 0.15) is 120 Å². The lowest BCUT2D eigenvalue weighted by molar-refractivity contribution is -0.381. The number of hydrogen-bond acceptors (Lipinski definition) is 11. The molecule has 2 saturated carbocycles. The monoisotopic (exact) mass is 775 g/mol. The molecule has 0 aromatic heterocycles. The lowest BCUT2D eigenvalue weighted by Crippen LogP contribution is -2.62. The summed E-state index contributed by atoms with van der Waals surface area (Å²) in [5, 5.41) is 0. The van der Waals surface area contributed by atoms with Gasteiger partial charge in [-0.15, -0.1) is 0 Å². The molecule has 5 heterocycles. The number of carbonyl (C=O) groups excluding carboxylic acids is 2. The molecule has 9 rings (SSSR count). The van der Waals surface area contributed by atoms with Crippen LogP contribution in [0, 0.1) is 5.41 Å². The van der Waals surface area contributed by atoms with Crippen molar-refractivity contribution in [3.8, 4) is 23.0 Å². The van der Waals surface area contributed by atoms with E-state index in [0.29, 0.717) is 104 Å². The Hall–Kier alpha value is -3.58. The Morgan fingerprint density at radius 2 is 1.07 bits per heavy atom. The van der Waals surface area contributed by atoms with Gasteiger partial charge in [0.1, 0.15) is 12.4 Å². The minimum atomic E-state index is -0.812. The molecule has 1 amide bonds. The molecule has 7 aliphatic rings. The van der Waals surface area contributed by atoms with Gasteiger partial charge in [-0.2, -0.15) is 0 Å². The van der Waals surface area contributed by atoms with Crippen molar-refractivity contribution in [3.63, 3.8) is 0 Å². The average Bonchev–Trinajstić information content (AvgIpc) is 3.79. The Bertz CT molecular complexity index is 1700. The SMILES string of the molecule is CCCCc1c2c(c(CCCC)c3c1OC1(CCC4(CC1)OCC1(COC5(CCN(C(=O)OCc6ccccc6)CC5)OC1)CO4)O3)OC1(CCC(=O)CC1)O2. The highest BCUT2D eigenvalue weighted by molar-refractivity contribution is 5.79. The summed E-state index contributed by atoms with van der Waals surface area (Å²) in [4.78, 5) is 26.6. The lowest BCUT2D eigenvalue weighted by atomic mass is 9.84. The molecule has 56 heavy (non-hydrogen) atoms. The number of unbranched alkanes of at least 4 members (excludes halogenated alkanes) is 2. The van der Waals surface area contributed by atoms with E-state index in [-0.39, 0.29) is 23.9 Å². The van der Waals surface area contributed by atoms with Crippen LogP contribution in [0.15, 0.2) is 30.3 Å². The molecule has 2 aliphatic carbocycles. The summed E-state index contributed by atoms with van der Waals surface area (Å²) in [6.45, 7) is 7.57. The zero-order chi connectivity index (χ0) is 38.4. The lowest BCUT2D eigenvalue weighted by Gasteiger charge is -2.53. The number of rotatable bonds is 8. The summed E-state index contributed by atoms with van der Waals surface area (Å²) in [5.41, 5.74) is 2.63. The van der Waals surface area contributed by atoms with Crippen LogP contribution in [-0.4, -0.2) is 79.4 Å². The number of carbonyl (C=O) groups is 2. The second-order valence-electron chi connectivity index (χ2n) is 17.3. The summed E-state index contributed by atoms with van der Waals surface area (Å²) in [7, 11) is 0. The minimum absolute atomic E-state index is 0.256. The zero-order valence-electron chi connectivity index (χ0n) is 33.1. The Kier molecular flexibility index (Phi) is 10.2. The summed E-state index contributed by atoms with van der Waals surface area (Å²) in [5.74, 6) is 0.429. The first-order chi connectivity index (χ1) is 27.2. The maximum absolute atomic E-state index is 12.7. The van der Waals surface area contributed by atoms with Crippen LogP contribution in [0.5, 0.6) is 23.0 Å². The van der Waals surface area contributed by atoms with Gasteiger partial charge in [-0.25, -0.2) is 4.79 Å². The van der Waals surface area contributed by atoms with Crippen molar-refractivity contribution in [2.24, 2.45) is 5.41 Å². The first kappa shape index (κ1) is 38.0. The van der Waals surface area contributed by atoms with Crippen LogP contribution in [0.3, 0.4) is 0 Å². The molecule has 0 N–H and O–H groups in total. The molecule has 0 bridgehead atoms. The van der Waals surface area contributed by atoms with E-state index in [9.17, 15) is 9.59 Å². The minimum Gasteiger partial charge on any atom is -0.448 e. The number of likely N-dealkylation sites (tertiary alicyclic amines) is 1.